The molecule has 4 nitrogen and oxygen atoms in total. The Morgan fingerprint density at radius 3 is 2.77 bits per heavy atom. The van der Waals surface area contributed by atoms with Gasteiger partial charge in [0.15, 0.2) is 0 Å². The highest BCUT2D eigenvalue weighted by Crippen LogP contribution is 2.25. The fraction of sp³-hybridized carbons (Fsp3) is 0. The summed E-state index contributed by atoms with van der Waals surface area (Å²) >= 11 is 1.62. The maximum atomic E-state index is 13.9. The molecule has 0 atom stereocenters. The van der Waals surface area contributed by atoms with Crippen molar-refractivity contribution >= 4 is 22.9 Å². The van der Waals surface area contributed by atoms with Gasteiger partial charge in [-0.05, 0) is 52.2 Å². The summed E-state index contributed by atoms with van der Waals surface area (Å²) in [5, 5.41) is 11.0. The average Bonchev–Trinajstić information content (AvgIpc) is 3.35. The SMILES string of the molecule is O=C(Nc1cccc(-c2ccsc2)c1)c1cnn(-c2ccccc2F)c1. The number of thiophene rings is 1. The molecule has 0 radical (unpaired) electrons. The third-order valence-electron chi connectivity index (χ3n) is 3.92. The molecule has 0 unspecified atom stereocenters. The van der Waals surface area contributed by atoms with Crippen molar-refractivity contribution in [2.24, 2.45) is 0 Å². The van der Waals surface area contributed by atoms with E-state index in [1.165, 1.54) is 23.1 Å². The van der Waals surface area contributed by atoms with Crippen molar-refractivity contribution in [1.82, 2.24) is 9.78 Å². The molecular formula is C20H14FN3OS. The van der Waals surface area contributed by atoms with Gasteiger partial charge in [-0.1, -0.05) is 24.3 Å². The molecule has 0 fully saturated rings. The first-order chi connectivity index (χ1) is 12.7. The summed E-state index contributed by atoms with van der Waals surface area (Å²) in [7, 11) is 0. The summed E-state index contributed by atoms with van der Waals surface area (Å²) in [5.74, 6) is -0.693. The second-order valence-electron chi connectivity index (χ2n) is 5.67. The first kappa shape index (κ1) is 16.2. The molecule has 1 N–H and O–H groups in total. The van der Waals surface area contributed by atoms with E-state index in [0.29, 0.717) is 16.9 Å². The van der Waals surface area contributed by atoms with E-state index in [1.807, 2.05) is 35.7 Å². The number of amides is 1. The minimum Gasteiger partial charge on any atom is -0.322 e. The molecule has 0 spiro atoms. The van der Waals surface area contributed by atoms with Gasteiger partial charge in [0.25, 0.3) is 5.91 Å². The third kappa shape index (κ3) is 3.27. The molecule has 0 saturated heterocycles. The number of benzene rings is 2. The van der Waals surface area contributed by atoms with Crippen LogP contribution in [-0.2, 0) is 0 Å². The molecule has 4 rings (SSSR count). The summed E-state index contributed by atoms with van der Waals surface area (Å²) in [4.78, 5) is 12.5. The zero-order valence-corrected chi connectivity index (χ0v) is 14.4. The zero-order chi connectivity index (χ0) is 17.9. The summed E-state index contributed by atoms with van der Waals surface area (Å²) in [5.41, 5.74) is 3.49. The number of carbonyl (C=O) groups is 1. The maximum absolute atomic E-state index is 13.9. The monoisotopic (exact) mass is 363 g/mol. The van der Waals surface area contributed by atoms with Crippen molar-refractivity contribution < 1.29 is 9.18 Å². The molecule has 4 aromatic rings. The van der Waals surface area contributed by atoms with Crippen LogP contribution in [0.25, 0.3) is 16.8 Å². The number of anilines is 1. The Hall–Kier alpha value is -3.25. The average molecular weight is 363 g/mol. The number of nitrogens with one attached hydrogen (secondary N) is 1. The molecule has 0 bridgehead atoms. The van der Waals surface area contributed by atoms with Crippen molar-refractivity contribution in [3.05, 3.63) is 89.1 Å². The number of hydrogen-bond donors (Lipinski definition) is 1. The molecule has 128 valence electrons. The van der Waals surface area contributed by atoms with Crippen LogP contribution in [0.5, 0.6) is 0 Å². The molecule has 6 heteroatoms. The van der Waals surface area contributed by atoms with E-state index >= 15 is 0 Å². The molecule has 2 heterocycles. The number of aromatic nitrogens is 2. The van der Waals surface area contributed by atoms with Crippen LogP contribution in [-0.4, -0.2) is 15.7 Å². The highest BCUT2D eigenvalue weighted by Gasteiger charge is 2.12. The van der Waals surface area contributed by atoms with Crippen LogP contribution < -0.4 is 5.32 Å². The lowest BCUT2D eigenvalue weighted by Crippen LogP contribution is -2.11. The van der Waals surface area contributed by atoms with Crippen molar-refractivity contribution in [3.63, 3.8) is 0 Å². The zero-order valence-electron chi connectivity index (χ0n) is 13.6. The Kier molecular flexibility index (Phi) is 4.33. The standard InChI is InChI=1S/C20H14FN3OS/c21-18-6-1-2-7-19(18)24-12-16(11-22-24)20(25)23-17-5-3-4-14(10-17)15-8-9-26-13-15/h1-13H,(H,23,25). The largest absolute Gasteiger partial charge is 0.322 e. The molecular weight excluding hydrogens is 349 g/mol. The number of para-hydroxylation sites is 1. The van der Waals surface area contributed by atoms with Crippen LogP contribution in [0.1, 0.15) is 10.4 Å². The van der Waals surface area contributed by atoms with Crippen LogP contribution in [0, 0.1) is 5.82 Å². The van der Waals surface area contributed by atoms with Gasteiger partial charge in [-0.3, -0.25) is 4.79 Å². The summed E-state index contributed by atoms with van der Waals surface area (Å²) in [6.45, 7) is 0. The van der Waals surface area contributed by atoms with Gasteiger partial charge in [-0.15, -0.1) is 0 Å². The van der Waals surface area contributed by atoms with E-state index in [4.69, 9.17) is 0 Å². The number of nitrogens with zero attached hydrogens (tertiary/aromatic N) is 2. The molecule has 2 aromatic carbocycles. The second kappa shape index (κ2) is 6.93. The van der Waals surface area contributed by atoms with E-state index in [-0.39, 0.29) is 5.91 Å². The lowest BCUT2D eigenvalue weighted by molar-refractivity contribution is 0.102. The van der Waals surface area contributed by atoms with Crippen molar-refractivity contribution in [1.29, 1.82) is 0 Å². The smallest absolute Gasteiger partial charge is 0.258 e. The quantitative estimate of drug-likeness (QED) is 0.555. The van der Waals surface area contributed by atoms with Gasteiger partial charge in [0.1, 0.15) is 11.5 Å². The molecule has 2 aromatic heterocycles. The van der Waals surface area contributed by atoms with Gasteiger partial charge < -0.3 is 5.32 Å². The van der Waals surface area contributed by atoms with E-state index in [1.54, 1.807) is 29.5 Å². The molecule has 0 aliphatic heterocycles. The number of halogens is 1. The van der Waals surface area contributed by atoms with Crippen LogP contribution >= 0.6 is 11.3 Å². The van der Waals surface area contributed by atoms with E-state index in [2.05, 4.69) is 15.8 Å². The molecule has 1 amide bonds. The van der Waals surface area contributed by atoms with E-state index in [0.717, 1.165) is 11.1 Å². The van der Waals surface area contributed by atoms with Crippen LogP contribution in [0.2, 0.25) is 0 Å². The number of carbonyl (C=O) groups excluding carboxylic acids is 1. The normalized spacial score (nSPS) is 10.7. The fourth-order valence-corrected chi connectivity index (χ4v) is 3.28. The number of hydrogen-bond acceptors (Lipinski definition) is 3. The topological polar surface area (TPSA) is 46.9 Å². The lowest BCUT2D eigenvalue weighted by atomic mass is 10.1. The minimum absolute atomic E-state index is 0.296. The Bertz CT molecular complexity index is 1060. The summed E-state index contributed by atoms with van der Waals surface area (Å²) in [6, 6.07) is 16.0. The van der Waals surface area contributed by atoms with Crippen molar-refractivity contribution in [2.75, 3.05) is 5.32 Å². The third-order valence-corrected chi connectivity index (χ3v) is 4.60. The minimum atomic E-state index is -0.397. The first-order valence-electron chi connectivity index (χ1n) is 7.94. The van der Waals surface area contributed by atoms with Gasteiger partial charge >= 0.3 is 0 Å². The molecule has 0 aliphatic rings. The van der Waals surface area contributed by atoms with Gasteiger partial charge in [-0.2, -0.15) is 16.4 Å². The molecule has 0 saturated carbocycles. The predicted molar refractivity (Wildman–Crippen MR) is 101 cm³/mol. The predicted octanol–water partition coefficient (Wildman–Crippen LogP) is 4.99. The Morgan fingerprint density at radius 1 is 1.08 bits per heavy atom. The summed E-state index contributed by atoms with van der Waals surface area (Å²) < 4.78 is 15.2. The van der Waals surface area contributed by atoms with Crippen molar-refractivity contribution in [2.45, 2.75) is 0 Å². The molecule has 0 aliphatic carbocycles. The van der Waals surface area contributed by atoms with Crippen LogP contribution in [0.3, 0.4) is 0 Å². The first-order valence-corrected chi connectivity index (χ1v) is 8.88. The Balaban J connectivity index is 1.54. The highest BCUT2D eigenvalue weighted by atomic mass is 32.1. The Labute approximate surface area is 153 Å². The maximum Gasteiger partial charge on any atom is 0.258 e. The molecule has 26 heavy (non-hydrogen) atoms. The van der Waals surface area contributed by atoms with Gasteiger partial charge in [0, 0.05) is 11.9 Å². The fourth-order valence-electron chi connectivity index (χ4n) is 2.62. The van der Waals surface area contributed by atoms with E-state index < -0.39 is 5.82 Å². The summed E-state index contributed by atoms with van der Waals surface area (Å²) in [6.07, 6.45) is 2.93. The van der Waals surface area contributed by atoms with Crippen LogP contribution in [0.15, 0.2) is 77.8 Å². The van der Waals surface area contributed by atoms with Gasteiger partial charge in [-0.25, -0.2) is 9.07 Å². The van der Waals surface area contributed by atoms with Gasteiger partial charge in [0.2, 0.25) is 0 Å². The van der Waals surface area contributed by atoms with Crippen LogP contribution in [0.4, 0.5) is 10.1 Å². The Morgan fingerprint density at radius 2 is 1.96 bits per heavy atom. The lowest BCUT2D eigenvalue weighted by Gasteiger charge is -2.06. The van der Waals surface area contributed by atoms with Crippen molar-refractivity contribution in [3.8, 4) is 16.8 Å². The van der Waals surface area contributed by atoms with E-state index in [9.17, 15) is 9.18 Å². The highest BCUT2D eigenvalue weighted by molar-refractivity contribution is 7.08. The number of rotatable bonds is 4. The second-order valence-corrected chi connectivity index (χ2v) is 6.45. The van der Waals surface area contributed by atoms with Gasteiger partial charge in [0.05, 0.1) is 11.8 Å².